The minimum Gasteiger partial charge on any atom is -0.481 e. The van der Waals surface area contributed by atoms with E-state index < -0.39 is 11.9 Å². The van der Waals surface area contributed by atoms with Crippen LogP contribution in [0.5, 0.6) is 0 Å². The first-order chi connectivity index (χ1) is 39.4. The third-order valence-electron chi connectivity index (χ3n) is 9.07. The molecule has 0 saturated heterocycles. The second-order valence-electron chi connectivity index (χ2n) is 15.8. The molecule has 7 N–H and O–H groups in total. The van der Waals surface area contributed by atoms with Crippen LogP contribution >= 0.6 is 0 Å². The van der Waals surface area contributed by atoms with Crippen LogP contribution in [0.15, 0.2) is 122 Å². The highest BCUT2D eigenvalue weighted by atomic mass is 16.5. The van der Waals surface area contributed by atoms with E-state index in [1.807, 2.05) is 134 Å². The highest BCUT2D eigenvalue weighted by Gasteiger charge is 2.17. The number of hydrogen-bond acceptors (Lipinski definition) is 8. The van der Waals surface area contributed by atoms with Crippen LogP contribution < -0.4 is 16.8 Å². The van der Waals surface area contributed by atoms with Gasteiger partial charge in [0.05, 0.1) is 18.9 Å². The Labute approximate surface area is 505 Å². The van der Waals surface area contributed by atoms with Crippen LogP contribution in [0.1, 0.15) is 227 Å². The number of carboxylic acids is 2. The van der Waals surface area contributed by atoms with Gasteiger partial charge in [0.25, 0.3) is 0 Å². The molecular formula is C70H128N4O8. The summed E-state index contributed by atoms with van der Waals surface area (Å²) in [6, 6.07) is 26.5. The van der Waals surface area contributed by atoms with Crippen molar-refractivity contribution >= 4 is 35.3 Å². The zero-order valence-electron chi connectivity index (χ0n) is 57.0. The van der Waals surface area contributed by atoms with Gasteiger partial charge in [0.2, 0.25) is 11.8 Å². The quantitative estimate of drug-likeness (QED) is 0.0388. The van der Waals surface area contributed by atoms with Crippen molar-refractivity contribution in [1.82, 2.24) is 10.2 Å². The van der Waals surface area contributed by atoms with Gasteiger partial charge in [-0.15, -0.1) is 0 Å². The van der Waals surface area contributed by atoms with Gasteiger partial charge in [-0.1, -0.05) is 273 Å². The molecular weight excluding hydrogens is 1020 g/mol. The average molecular weight is 1150 g/mol. The molecule has 3 aromatic rings. The molecule has 476 valence electrons. The molecule has 0 spiro atoms. The number of unbranched alkanes of at least 4 members (excludes halogenated alkanes) is 1. The number of carbonyl (C=O) groups excluding carboxylic acids is 3. The number of aryl methyl sites for hydroxylation is 1. The molecule has 0 saturated carbocycles. The number of carboxylic acid groups (broad SMARTS) is 2. The van der Waals surface area contributed by atoms with E-state index >= 15 is 0 Å². The van der Waals surface area contributed by atoms with Gasteiger partial charge in [-0.05, 0) is 87.4 Å². The molecule has 0 aliphatic rings. The van der Waals surface area contributed by atoms with Crippen molar-refractivity contribution in [3.05, 3.63) is 139 Å². The molecule has 3 rings (SSSR count). The van der Waals surface area contributed by atoms with Crippen LogP contribution in [-0.2, 0) is 35.3 Å². The van der Waals surface area contributed by atoms with Gasteiger partial charge in [-0.25, -0.2) is 0 Å². The first kappa shape index (κ1) is 98.0. The Bertz CT molecular complexity index is 1890. The SMILES string of the molecule is C/C=C\CC.C=C/C(=C(\C=C)C(C)N)c1ccc(CN(CC(=O)O)C(=O)CCCC)cc1.CC.CC.CC.CC.CC.CC.CCC.CCC.CCOC(=O)C(C)CCNC(=O)CCC(=O)O.CN.Cc1ccc(-c2ccccc2)cc1. The molecule has 12 nitrogen and oxygen atoms in total. The lowest BCUT2D eigenvalue weighted by atomic mass is 9.95. The number of rotatable bonds is 21. The fourth-order valence-electron chi connectivity index (χ4n) is 5.59. The number of carbonyl (C=O) groups is 5. The number of aliphatic carboxylic acids is 2. The molecule has 0 aliphatic heterocycles. The summed E-state index contributed by atoms with van der Waals surface area (Å²) in [7, 11) is 1.50. The summed E-state index contributed by atoms with van der Waals surface area (Å²) in [5.41, 5.74) is 18.0. The van der Waals surface area contributed by atoms with Crippen molar-refractivity contribution in [2.45, 2.75) is 230 Å². The number of amides is 2. The molecule has 0 fully saturated rings. The summed E-state index contributed by atoms with van der Waals surface area (Å²) in [6.07, 6.45) is 13.6. The van der Waals surface area contributed by atoms with Crippen LogP contribution in [0.2, 0.25) is 0 Å². The zero-order valence-corrected chi connectivity index (χ0v) is 57.0. The van der Waals surface area contributed by atoms with Crippen molar-refractivity contribution in [1.29, 1.82) is 0 Å². The summed E-state index contributed by atoms with van der Waals surface area (Å²) in [5.74, 6) is -3.02. The second-order valence-corrected chi connectivity index (χ2v) is 15.8. The lowest BCUT2D eigenvalue weighted by Crippen LogP contribution is -2.35. The predicted molar refractivity (Wildman–Crippen MR) is 362 cm³/mol. The van der Waals surface area contributed by atoms with Gasteiger partial charge in [0.1, 0.15) is 6.54 Å². The van der Waals surface area contributed by atoms with Crippen LogP contribution in [0.4, 0.5) is 0 Å². The lowest BCUT2D eigenvalue weighted by molar-refractivity contribution is -0.147. The Kier molecular flexibility index (Phi) is 97.3. The van der Waals surface area contributed by atoms with E-state index in [0.717, 1.165) is 41.5 Å². The fourth-order valence-corrected chi connectivity index (χ4v) is 5.59. The monoisotopic (exact) mass is 1150 g/mol. The third-order valence-corrected chi connectivity index (χ3v) is 9.07. The molecule has 0 bridgehead atoms. The molecule has 2 atom stereocenters. The molecule has 0 heterocycles. The predicted octanol–water partition coefficient (Wildman–Crippen LogP) is 18.5. The van der Waals surface area contributed by atoms with Gasteiger partial charge < -0.3 is 36.6 Å². The third kappa shape index (κ3) is 64.7. The highest BCUT2D eigenvalue weighted by Crippen LogP contribution is 2.24. The first-order valence-electron chi connectivity index (χ1n) is 30.7. The Morgan fingerprint density at radius 3 is 1.48 bits per heavy atom. The van der Waals surface area contributed by atoms with Crippen LogP contribution in [0.3, 0.4) is 0 Å². The van der Waals surface area contributed by atoms with Gasteiger partial charge in [0, 0.05) is 32.0 Å². The summed E-state index contributed by atoms with van der Waals surface area (Å²) < 4.78 is 4.81. The van der Waals surface area contributed by atoms with Gasteiger partial charge in [0.15, 0.2) is 0 Å². The van der Waals surface area contributed by atoms with Crippen molar-refractivity contribution in [3.63, 3.8) is 0 Å². The summed E-state index contributed by atoms with van der Waals surface area (Å²) >= 11 is 0. The average Bonchev–Trinajstić information content (AvgIpc) is 3.50. The largest absolute Gasteiger partial charge is 0.481 e. The summed E-state index contributed by atoms with van der Waals surface area (Å²) in [5, 5.41) is 20.0. The first-order valence-corrected chi connectivity index (χ1v) is 30.7. The number of allylic oxidation sites excluding steroid dienone is 4. The molecule has 82 heavy (non-hydrogen) atoms. The number of hydrogen-bond donors (Lipinski definition) is 5. The van der Waals surface area contributed by atoms with E-state index in [1.165, 1.54) is 41.5 Å². The van der Waals surface area contributed by atoms with Crippen molar-refractivity contribution in [3.8, 4) is 11.1 Å². The van der Waals surface area contributed by atoms with Gasteiger partial charge >= 0.3 is 17.9 Å². The number of esters is 1. The molecule has 2 unspecified atom stereocenters. The second kappa shape index (κ2) is 81.4. The molecule has 0 aliphatic carbocycles. The number of ether oxygens (including phenoxy) is 1. The van der Waals surface area contributed by atoms with Gasteiger partial charge in [-0.2, -0.15) is 0 Å². The van der Waals surface area contributed by atoms with E-state index in [1.54, 1.807) is 26.0 Å². The maximum absolute atomic E-state index is 12.3. The number of benzene rings is 3. The zero-order chi connectivity index (χ0) is 66.3. The minimum absolute atomic E-state index is 0.0386. The molecule has 3 aromatic carbocycles. The van der Waals surface area contributed by atoms with E-state index in [-0.39, 0.29) is 55.7 Å². The van der Waals surface area contributed by atoms with Gasteiger partial charge in [-0.3, -0.25) is 24.0 Å². The molecule has 12 heteroatoms. The van der Waals surface area contributed by atoms with E-state index in [2.05, 4.69) is 126 Å². The number of nitrogens with one attached hydrogen (secondary N) is 1. The number of nitrogens with zero attached hydrogens (tertiary/aromatic N) is 1. The van der Waals surface area contributed by atoms with E-state index in [0.29, 0.717) is 26.0 Å². The van der Waals surface area contributed by atoms with E-state index in [4.69, 9.17) is 20.7 Å². The summed E-state index contributed by atoms with van der Waals surface area (Å²) in [6.45, 7) is 54.4. The minimum atomic E-state index is -1.01. The molecule has 0 radical (unpaired) electrons. The Morgan fingerprint density at radius 2 is 1.12 bits per heavy atom. The lowest BCUT2D eigenvalue weighted by Gasteiger charge is -2.21. The maximum atomic E-state index is 12.3. The van der Waals surface area contributed by atoms with Crippen molar-refractivity contribution in [2.75, 3.05) is 26.7 Å². The topological polar surface area (TPSA) is 202 Å². The molecule has 2 amide bonds. The standard InChI is InChI=1S/C22H30N2O3.C13H12.C11H19NO5.C5H10.2C3H8.6C2H6.CH5N/c1-5-8-9-21(25)24(15-22(26)27)14-17-10-12-18(13-11-17)20(7-3)19(6-2)16(4)23;1-11-7-9-13(10-8-11)12-5-3-2-4-6-12;1-3-17-11(16)8(2)6-7-12-9(13)4-5-10(14)15;1-3-5-4-2;2*1-3-2;7*1-2/h6-7,10-13,16H,2-3,5,8-9,14-15,23H2,1,4H3,(H,26,27);2-10H,1H3;8H,3-7H2,1-2H3,(H,12,13)(H,14,15);3,5H,4H2,1-2H3;2*3H2,1-2H3;6*1-2H3;2H2,1H3/b20-19-;;;5-3-;;;;;;;;;. The van der Waals surface area contributed by atoms with Crippen LogP contribution in [-0.4, -0.2) is 77.6 Å². The summed E-state index contributed by atoms with van der Waals surface area (Å²) in [4.78, 5) is 57.3. The van der Waals surface area contributed by atoms with E-state index in [9.17, 15) is 24.0 Å². The Morgan fingerprint density at radius 1 is 0.659 bits per heavy atom. The maximum Gasteiger partial charge on any atom is 0.323 e. The van der Waals surface area contributed by atoms with Crippen molar-refractivity contribution in [2.24, 2.45) is 17.4 Å². The number of nitrogens with two attached hydrogens (primary N) is 2. The normalized spacial score (nSPS) is 9.73. The fraction of sp³-hybridized carbons (Fsp3) is 0.557. The Balaban J connectivity index is -0.000000102. The molecule has 0 aromatic heterocycles. The Hall–Kier alpha value is -6.11. The smallest absolute Gasteiger partial charge is 0.323 e. The van der Waals surface area contributed by atoms with Crippen LogP contribution in [0.25, 0.3) is 16.7 Å². The highest BCUT2D eigenvalue weighted by molar-refractivity contribution is 5.82. The van der Waals surface area contributed by atoms with Crippen molar-refractivity contribution < 1.29 is 38.9 Å². The van der Waals surface area contributed by atoms with Crippen LogP contribution in [0, 0.1) is 12.8 Å².